The summed E-state index contributed by atoms with van der Waals surface area (Å²) in [7, 11) is 0. The van der Waals surface area contributed by atoms with Crippen molar-refractivity contribution in [3.8, 4) is 11.5 Å². The molecule has 21 heavy (non-hydrogen) atoms. The number of ether oxygens (including phenoxy) is 1. The molecule has 0 heterocycles. The molecule has 0 spiro atoms. The van der Waals surface area contributed by atoms with Crippen LogP contribution in [0.15, 0.2) is 47.4 Å². The predicted molar refractivity (Wildman–Crippen MR) is 86.7 cm³/mol. The first-order valence-corrected chi connectivity index (χ1v) is 8.20. The van der Waals surface area contributed by atoms with E-state index in [-0.39, 0.29) is 11.9 Å². The third kappa shape index (κ3) is 4.48. The molecule has 0 fully saturated rings. The van der Waals surface area contributed by atoms with Gasteiger partial charge >= 0.3 is 0 Å². The highest BCUT2D eigenvalue weighted by Gasteiger charge is 2.10. The molecule has 2 nitrogen and oxygen atoms in total. The highest BCUT2D eigenvalue weighted by Crippen LogP contribution is 2.28. The molecule has 0 radical (unpaired) electrons. The third-order valence-corrected chi connectivity index (χ3v) is 4.06. The Labute approximate surface area is 129 Å². The van der Waals surface area contributed by atoms with Crippen molar-refractivity contribution in [1.29, 1.82) is 0 Å². The largest absolute Gasteiger partial charge is 0.457 e. The lowest BCUT2D eigenvalue weighted by atomic mass is 10.0. The molecule has 2 aromatic carbocycles. The topological polar surface area (TPSA) is 35.2 Å². The summed E-state index contributed by atoms with van der Waals surface area (Å²) < 4.78 is 19.3. The molecule has 0 amide bonds. The van der Waals surface area contributed by atoms with Gasteiger partial charge in [0.25, 0.3) is 0 Å². The van der Waals surface area contributed by atoms with Crippen molar-refractivity contribution in [3.05, 3.63) is 53.8 Å². The first-order valence-electron chi connectivity index (χ1n) is 6.98. The minimum absolute atomic E-state index is 0.00742. The summed E-state index contributed by atoms with van der Waals surface area (Å²) in [6.07, 6.45) is 3.48. The van der Waals surface area contributed by atoms with Crippen molar-refractivity contribution in [2.75, 3.05) is 6.26 Å². The molecule has 2 N–H and O–H groups in total. The Kier molecular flexibility index (Phi) is 5.65. The first kappa shape index (κ1) is 15.9. The number of rotatable bonds is 6. The third-order valence-electron chi connectivity index (χ3n) is 3.32. The minimum Gasteiger partial charge on any atom is -0.457 e. The zero-order chi connectivity index (χ0) is 15.2. The van der Waals surface area contributed by atoms with Gasteiger partial charge in [0.05, 0.1) is 0 Å². The zero-order valence-electron chi connectivity index (χ0n) is 12.3. The maximum Gasteiger partial charge on any atom is 0.130 e. The van der Waals surface area contributed by atoms with Crippen molar-refractivity contribution in [2.45, 2.75) is 30.7 Å². The van der Waals surface area contributed by atoms with Crippen LogP contribution < -0.4 is 10.5 Å². The number of hydrogen-bond donors (Lipinski definition) is 1. The zero-order valence-corrected chi connectivity index (χ0v) is 13.1. The van der Waals surface area contributed by atoms with Crippen LogP contribution in [0.25, 0.3) is 0 Å². The lowest BCUT2D eigenvalue weighted by Gasteiger charge is -2.14. The standard InChI is InChI=1S/C17H20FNOS/c1-3-14(19)11-12-10-13(18)4-9-17(12)20-15-5-7-16(21-2)8-6-15/h4-10,14H,3,11,19H2,1-2H3. The highest BCUT2D eigenvalue weighted by atomic mass is 32.2. The molecule has 0 saturated heterocycles. The highest BCUT2D eigenvalue weighted by molar-refractivity contribution is 7.98. The molecular weight excluding hydrogens is 285 g/mol. The fraction of sp³-hybridized carbons (Fsp3) is 0.294. The van der Waals surface area contributed by atoms with Crippen LogP contribution in [-0.4, -0.2) is 12.3 Å². The van der Waals surface area contributed by atoms with E-state index in [9.17, 15) is 4.39 Å². The van der Waals surface area contributed by atoms with Gasteiger partial charge in [0.15, 0.2) is 0 Å². The molecular formula is C17H20FNOS. The van der Waals surface area contributed by atoms with Crippen molar-refractivity contribution >= 4 is 11.8 Å². The summed E-state index contributed by atoms with van der Waals surface area (Å²) in [4.78, 5) is 1.18. The van der Waals surface area contributed by atoms with E-state index in [0.717, 1.165) is 17.7 Å². The number of thioether (sulfide) groups is 1. The molecule has 0 aliphatic rings. The molecule has 2 aromatic rings. The van der Waals surface area contributed by atoms with E-state index in [0.29, 0.717) is 12.2 Å². The van der Waals surface area contributed by atoms with Gasteiger partial charge in [-0.05, 0) is 67.1 Å². The van der Waals surface area contributed by atoms with Gasteiger partial charge in [0.2, 0.25) is 0 Å². The average Bonchev–Trinajstić information content (AvgIpc) is 2.50. The van der Waals surface area contributed by atoms with Gasteiger partial charge in [0, 0.05) is 10.9 Å². The van der Waals surface area contributed by atoms with E-state index >= 15 is 0 Å². The van der Waals surface area contributed by atoms with Crippen molar-refractivity contribution in [3.63, 3.8) is 0 Å². The van der Waals surface area contributed by atoms with E-state index < -0.39 is 0 Å². The van der Waals surface area contributed by atoms with Gasteiger partial charge in [-0.1, -0.05) is 6.92 Å². The molecule has 0 aliphatic carbocycles. The van der Waals surface area contributed by atoms with E-state index in [1.807, 2.05) is 37.4 Å². The second-order valence-corrected chi connectivity index (χ2v) is 5.78. The van der Waals surface area contributed by atoms with Crippen molar-refractivity contribution in [2.24, 2.45) is 5.73 Å². The number of nitrogens with two attached hydrogens (primary N) is 1. The van der Waals surface area contributed by atoms with Gasteiger partial charge < -0.3 is 10.5 Å². The summed E-state index contributed by atoms with van der Waals surface area (Å²) in [5, 5.41) is 0. The van der Waals surface area contributed by atoms with Crippen molar-refractivity contribution < 1.29 is 9.13 Å². The van der Waals surface area contributed by atoms with Crippen LogP contribution in [-0.2, 0) is 6.42 Å². The van der Waals surface area contributed by atoms with E-state index in [1.165, 1.54) is 17.0 Å². The lowest BCUT2D eigenvalue weighted by molar-refractivity contribution is 0.469. The average molecular weight is 305 g/mol. The molecule has 1 unspecified atom stereocenters. The minimum atomic E-state index is -0.265. The summed E-state index contributed by atoms with van der Waals surface area (Å²) in [6.45, 7) is 2.02. The fourth-order valence-corrected chi connectivity index (χ4v) is 2.41. The maximum absolute atomic E-state index is 13.4. The van der Waals surface area contributed by atoms with Gasteiger partial charge in [-0.2, -0.15) is 0 Å². The Morgan fingerprint density at radius 2 is 1.90 bits per heavy atom. The first-order chi connectivity index (χ1) is 10.1. The van der Waals surface area contributed by atoms with Gasteiger partial charge in [-0.25, -0.2) is 4.39 Å². The monoisotopic (exact) mass is 305 g/mol. The summed E-state index contributed by atoms with van der Waals surface area (Å²) in [5.41, 5.74) is 6.78. The molecule has 2 rings (SSSR count). The Morgan fingerprint density at radius 1 is 1.19 bits per heavy atom. The van der Waals surface area contributed by atoms with E-state index in [2.05, 4.69) is 0 Å². The Hall–Kier alpha value is -1.52. The molecule has 0 aromatic heterocycles. The van der Waals surface area contributed by atoms with Crippen LogP contribution in [0.1, 0.15) is 18.9 Å². The predicted octanol–water partition coefficient (Wildman–Crippen LogP) is 4.62. The van der Waals surface area contributed by atoms with Crippen LogP contribution in [0.4, 0.5) is 4.39 Å². The second kappa shape index (κ2) is 7.48. The van der Waals surface area contributed by atoms with Crippen LogP contribution in [0, 0.1) is 5.82 Å². The SMILES string of the molecule is CCC(N)Cc1cc(F)ccc1Oc1ccc(SC)cc1. The molecule has 112 valence electrons. The van der Waals surface area contributed by atoms with Gasteiger partial charge in [-0.15, -0.1) is 11.8 Å². The van der Waals surface area contributed by atoms with Gasteiger partial charge in [-0.3, -0.25) is 0 Å². The van der Waals surface area contributed by atoms with Crippen LogP contribution in [0.5, 0.6) is 11.5 Å². The summed E-state index contributed by atoms with van der Waals surface area (Å²) in [5.74, 6) is 1.14. The molecule has 0 bridgehead atoms. The number of benzene rings is 2. The molecule has 4 heteroatoms. The Balaban J connectivity index is 2.21. The maximum atomic E-state index is 13.4. The molecule has 1 atom stereocenters. The van der Waals surface area contributed by atoms with Crippen LogP contribution in [0.2, 0.25) is 0 Å². The van der Waals surface area contributed by atoms with E-state index in [4.69, 9.17) is 10.5 Å². The van der Waals surface area contributed by atoms with E-state index in [1.54, 1.807) is 17.8 Å². The quantitative estimate of drug-likeness (QED) is 0.791. The molecule has 0 aliphatic heterocycles. The van der Waals surface area contributed by atoms with Gasteiger partial charge in [0.1, 0.15) is 17.3 Å². The lowest BCUT2D eigenvalue weighted by Crippen LogP contribution is -2.21. The number of halogens is 1. The Bertz CT molecular complexity index is 586. The smallest absolute Gasteiger partial charge is 0.130 e. The normalized spacial score (nSPS) is 12.2. The summed E-state index contributed by atoms with van der Waals surface area (Å²) >= 11 is 1.68. The summed E-state index contributed by atoms with van der Waals surface area (Å²) in [6, 6.07) is 12.4. The van der Waals surface area contributed by atoms with Crippen molar-refractivity contribution in [1.82, 2.24) is 0 Å². The van der Waals surface area contributed by atoms with Crippen LogP contribution >= 0.6 is 11.8 Å². The van der Waals surface area contributed by atoms with Crippen LogP contribution in [0.3, 0.4) is 0 Å². The molecule has 0 saturated carbocycles. The fourth-order valence-electron chi connectivity index (χ4n) is 2.00. The second-order valence-electron chi connectivity index (χ2n) is 4.90. The number of hydrogen-bond acceptors (Lipinski definition) is 3. The Morgan fingerprint density at radius 3 is 2.52 bits per heavy atom.